The third-order valence-corrected chi connectivity index (χ3v) is 4.20. The molecule has 0 bridgehead atoms. The molecule has 0 spiro atoms. The van der Waals surface area contributed by atoms with Crippen LogP contribution in [0.1, 0.15) is 37.4 Å². The molecule has 1 unspecified atom stereocenters. The van der Waals surface area contributed by atoms with Gasteiger partial charge < -0.3 is 20.7 Å². The molecule has 3 atom stereocenters. The van der Waals surface area contributed by atoms with Crippen LogP contribution in [0.3, 0.4) is 0 Å². The van der Waals surface area contributed by atoms with E-state index >= 15 is 0 Å². The number of hydrogen-bond acceptors (Lipinski definition) is 4. The molecule has 0 amide bonds. The van der Waals surface area contributed by atoms with Crippen molar-refractivity contribution in [2.24, 2.45) is 11.7 Å². The Hall–Kier alpha value is -1.75. The minimum absolute atomic E-state index is 0. The average molecular weight is 352 g/mol. The third-order valence-electron chi connectivity index (χ3n) is 4.20. The zero-order valence-electron chi connectivity index (χ0n) is 14.1. The van der Waals surface area contributed by atoms with Crippen LogP contribution in [0.25, 0.3) is 0 Å². The Balaban J connectivity index is 0.00000288. The molecule has 2 rings (SSSR count). The van der Waals surface area contributed by atoms with E-state index in [1.54, 1.807) is 18.2 Å². The first-order valence-corrected chi connectivity index (χ1v) is 7.96. The monoisotopic (exact) mass is 351 g/mol. The second-order valence-electron chi connectivity index (χ2n) is 5.90. The molecule has 132 valence electrons. The van der Waals surface area contributed by atoms with Crippen LogP contribution in [0.2, 0.25) is 0 Å². The summed E-state index contributed by atoms with van der Waals surface area (Å²) in [5, 5.41) is 20.4. The summed E-state index contributed by atoms with van der Waals surface area (Å²) in [5.41, 5.74) is 7.67. The number of nitrogens with two attached hydrogens (primary N) is 1. The van der Waals surface area contributed by atoms with Gasteiger partial charge in [0.25, 0.3) is 0 Å². The molecular weight excluding hydrogens is 326 g/mol. The molecule has 2 aromatic carbocycles. The van der Waals surface area contributed by atoms with Gasteiger partial charge >= 0.3 is 0 Å². The average Bonchev–Trinajstić information content (AvgIpc) is 2.59. The number of ether oxygens (including phenoxy) is 1. The van der Waals surface area contributed by atoms with Crippen LogP contribution in [0.5, 0.6) is 11.5 Å². The summed E-state index contributed by atoms with van der Waals surface area (Å²) in [6, 6.07) is 14.2. The summed E-state index contributed by atoms with van der Waals surface area (Å²) in [6.07, 6.45) is 0.135. The fourth-order valence-electron chi connectivity index (χ4n) is 2.42. The molecule has 0 aliphatic rings. The van der Waals surface area contributed by atoms with Crippen molar-refractivity contribution in [1.29, 1.82) is 0 Å². The van der Waals surface area contributed by atoms with Gasteiger partial charge in [0, 0.05) is 11.6 Å². The highest BCUT2D eigenvalue weighted by molar-refractivity contribution is 5.85. The molecule has 0 saturated heterocycles. The second-order valence-corrected chi connectivity index (χ2v) is 5.90. The van der Waals surface area contributed by atoms with E-state index in [2.05, 4.69) is 0 Å². The van der Waals surface area contributed by atoms with Crippen molar-refractivity contribution in [1.82, 2.24) is 0 Å². The summed E-state index contributed by atoms with van der Waals surface area (Å²) >= 11 is 0. The van der Waals surface area contributed by atoms with E-state index < -0.39 is 12.1 Å². The normalized spacial score (nSPS) is 14.3. The minimum Gasteiger partial charge on any atom is -0.507 e. The zero-order chi connectivity index (χ0) is 16.8. The molecule has 24 heavy (non-hydrogen) atoms. The molecule has 2 aromatic rings. The molecule has 0 heterocycles. The molecule has 0 saturated carbocycles. The predicted molar refractivity (Wildman–Crippen MR) is 98.5 cm³/mol. The van der Waals surface area contributed by atoms with Gasteiger partial charge in [0.05, 0.1) is 12.1 Å². The summed E-state index contributed by atoms with van der Waals surface area (Å²) in [7, 11) is 0. The lowest BCUT2D eigenvalue weighted by Crippen LogP contribution is -2.31. The van der Waals surface area contributed by atoms with Gasteiger partial charge in [-0.25, -0.2) is 0 Å². The van der Waals surface area contributed by atoms with E-state index in [1.165, 1.54) is 0 Å². The summed E-state index contributed by atoms with van der Waals surface area (Å²) in [4.78, 5) is 0. The number of aliphatic hydroxyl groups is 1. The number of benzene rings is 2. The quantitative estimate of drug-likeness (QED) is 0.709. The van der Waals surface area contributed by atoms with Crippen molar-refractivity contribution < 1.29 is 14.9 Å². The first-order valence-electron chi connectivity index (χ1n) is 7.96. The largest absolute Gasteiger partial charge is 0.507 e. The molecule has 0 aliphatic carbocycles. The highest BCUT2D eigenvalue weighted by Gasteiger charge is 2.24. The van der Waals surface area contributed by atoms with Crippen molar-refractivity contribution in [3.8, 4) is 11.5 Å². The number of halogens is 1. The van der Waals surface area contributed by atoms with Crippen LogP contribution in [0.15, 0.2) is 48.5 Å². The number of rotatable bonds is 7. The van der Waals surface area contributed by atoms with Crippen molar-refractivity contribution >= 4 is 12.4 Å². The summed E-state index contributed by atoms with van der Waals surface area (Å²) in [6.45, 7) is 4.38. The molecule has 0 fully saturated rings. The Kier molecular flexibility index (Phi) is 8.05. The van der Waals surface area contributed by atoms with Crippen LogP contribution in [0, 0.1) is 5.92 Å². The molecule has 0 aromatic heterocycles. The lowest BCUT2D eigenvalue weighted by molar-refractivity contribution is 0.0870. The topological polar surface area (TPSA) is 75.7 Å². The van der Waals surface area contributed by atoms with E-state index in [0.717, 1.165) is 12.0 Å². The Morgan fingerprint density at radius 3 is 2.38 bits per heavy atom. The Morgan fingerprint density at radius 2 is 1.79 bits per heavy atom. The van der Waals surface area contributed by atoms with Gasteiger partial charge in [-0.3, -0.25) is 0 Å². The second kappa shape index (κ2) is 9.52. The maximum Gasteiger partial charge on any atom is 0.124 e. The van der Waals surface area contributed by atoms with Gasteiger partial charge in [-0.05, 0) is 23.6 Å². The fourth-order valence-corrected chi connectivity index (χ4v) is 2.42. The first kappa shape index (κ1) is 20.3. The lowest BCUT2D eigenvalue weighted by Gasteiger charge is -2.25. The van der Waals surface area contributed by atoms with E-state index in [-0.39, 0.29) is 24.1 Å². The van der Waals surface area contributed by atoms with Gasteiger partial charge in [-0.15, -0.1) is 12.4 Å². The Morgan fingerprint density at radius 1 is 1.12 bits per heavy atom. The SMILES string of the molecule is CCC(C)[C@@H](O)[C@@H](N)c1ccc(OCc2ccccc2)cc1O.Cl. The van der Waals surface area contributed by atoms with Crippen LogP contribution in [0.4, 0.5) is 0 Å². The van der Waals surface area contributed by atoms with Crippen LogP contribution >= 0.6 is 12.4 Å². The Labute approximate surface area is 149 Å². The maximum absolute atomic E-state index is 10.2. The van der Waals surface area contributed by atoms with Gasteiger partial charge in [-0.2, -0.15) is 0 Å². The highest BCUT2D eigenvalue weighted by atomic mass is 35.5. The van der Waals surface area contributed by atoms with E-state index in [0.29, 0.717) is 17.9 Å². The van der Waals surface area contributed by atoms with Crippen molar-refractivity contribution in [3.63, 3.8) is 0 Å². The zero-order valence-corrected chi connectivity index (χ0v) is 14.9. The molecule has 5 heteroatoms. The number of hydrogen-bond donors (Lipinski definition) is 3. The first-order chi connectivity index (χ1) is 11.0. The van der Waals surface area contributed by atoms with Crippen LogP contribution < -0.4 is 10.5 Å². The van der Waals surface area contributed by atoms with Crippen LogP contribution in [-0.2, 0) is 6.61 Å². The predicted octanol–water partition coefficient (Wildman–Crippen LogP) is 3.80. The standard InChI is InChI=1S/C19H25NO3.ClH/c1-3-13(2)19(22)18(20)16-10-9-15(11-17(16)21)23-12-14-7-5-4-6-8-14;/h4-11,13,18-19,21-22H,3,12,20H2,1-2H3;1H/t13?,18-,19+;/m0./s1. The smallest absolute Gasteiger partial charge is 0.124 e. The van der Waals surface area contributed by atoms with Gasteiger partial charge in [0.2, 0.25) is 0 Å². The fraction of sp³-hybridized carbons (Fsp3) is 0.368. The molecule has 4 N–H and O–H groups in total. The minimum atomic E-state index is -0.693. The van der Waals surface area contributed by atoms with Gasteiger partial charge in [0.15, 0.2) is 0 Å². The van der Waals surface area contributed by atoms with E-state index in [9.17, 15) is 10.2 Å². The molecular formula is C19H26ClNO3. The van der Waals surface area contributed by atoms with Gasteiger partial charge in [0.1, 0.15) is 18.1 Å². The molecule has 4 nitrogen and oxygen atoms in total. The van der Waals surface area contributed by atoms with E-state index in [4.69, 9.17) is 10.5 Å². The Bertz CT molecular complexity index is 621. The number of phenols is 1. The van der Waals surface area contributed by atoms with Crippen molar-refractivity contribution in [2.75, 3.05) is 0 Å². The van der Waals surface area contributed by atoms with Crippen LogP contribution in [-0.4, -0.2) is 16.3 Å². The maximum atomic E-state index is 10.2. The molecule has 0 radical (unpaired) electrons. The highest BCUT2D eigenvalue weighted by Crippen LogP contribution is 2.31. The van der Waals surface area contributed by atoms with Gasteiger partial charge in [-0.1, -0.05) is 50.6 Å². The number of aliphatic hydroxyl groups excluding tert-OH is 1. The third kappa shape index (κ3) is 5.13. The lowest BCUT2D eigenvalue weighted by atomic mass is 9.91. The van der Waals surface area contributed by atoms with Crippen molar-refractivity contribution in [2.45, 2.75) is 39.0 Å². The number of phenolic OH excluding ortho intramolecular Hbond substituents is 1. The van der Waals surface area contributed by atoms with Crippen molar-refractivity contribution in [3.05, 3.63) is 59.7 Å². The van der Waals surface area contributed by atoms with E-state index in [1.807, 2.05) is 44.2 Å². The molecule has 0 aliphatic heterocycles. The summed E-state index contributed by atoms with van der Waals surface area (Å²) in [5.74, 6) is 0.684. The number of aromatic hydroxyl groups is 1. The summed E-state index contributed by atoms with van der Waals surface area (Å²) < 4.78 is 5.67.